The summed E-state index contributed by atoms with van der Waals surface area (Å²) in [5.74, 6) is -1.61. The van der Waals surface area contributed by atoms with Crippen LogP contribution in [-0.2, 0) is 9.53 Å². The maximum absolute atomic E-state index is 11.9. The number of carbonyl (C=O) groups is 3. The number of aliphatic carboxylic acids is 1. The van der Waals surface area contributed by atoms with E-state index < -0.39 is 24.0 Å². The Morgan fingerprint density at radius 3 is 2.29 bits per heavy atom. The molecule has 0 fully saturated rings. The fourth-order valence-electron chi connectivity index (χ4n) is 2.56. The Hall–Kier alpha value is -2.57. The molecule has 0 aliphatic carbocycles. The number of ether oxygens (including phenoxy) is 1. The number of carboxylic acid groups (broad SMARTS) is 1. The second-order valence-electron chi connectivity index (χ2n) is 5.67. The summed E-state index contributed by atoms with van der Waals surface area (Å²) >= 11 is 0. The number of primary amides is 1. The van der Waals surface area contributed by atoms with Crippen LogP contribution in [0.2, 0.25) is 0 Å². The molecule has 0 aliphatic heterocycles. The van der Waals surface area contributed by atoms with E-state index in [1.807, 2.05) is 6.92 Å². The number of nitrogens with two attached hydrogens (primary N) is 1. The monoisotopic (exact) mass is 336 g/mol. The second kappa shape index (κ2) is 8.90. The van der Waals surface area contributed by atoms with E-state index >= 15 is 0 Å². The van der Waals surface area contributed by atoms with Crippen molar-refractivity contribution in [3.8, 4) is 0 Å². The van der Waals surface area contributed by atoms with Gasteiger partial charge in [-0.3, -0.25) is 9.59 Å². The topological polar surface area (TPSA) is 119 Å². The Morgan fingerprint density at radius 2 is 1.83 bits per heavy atom. The average molecular weight is 336 g/mol. The third-order valence-corrected chi connectivity index (χ3v) is 3.63. The number of carbonyl (C=O) groups excluding carboxylic acids is 2. The first-order valence-corrected chi connectivity index (χ1v) is 7.82. The zero-order valence-electron chi connectivity index (χ0n) is 14.2. The van der Waals surface area contributed by atoms with Gasteiger partial charge in [0.05, 0.1) is 19.1 Å². The summed E-state index contributed by atoms with van der Waals surface area (Å²) in [4.78, 5) is 34.4. The first kappa shape index (κ1) is 19.5. The lowest BCUT2D eigenvalue weighted by molar-refractivity contribution is -0.137. The summed E-state index contributed by atoms with van der Waals surface area (Å²) in [6, 6.07) is 2.42. The highest BCUT2D eigenvalue weighted by Gasteiger charge is 2.23. The summed E-state index contributed by atoms with van der Waals surface area (Å²) in [7, 11) is 0. The van der Waals surface area contributed by atoms with Crippen molar-refractivity contribution in [2.45, 2.75) is 46.1 Å². The fraction of sp³-hybridized carbons (Fsp3) is 0.471. The van der Waals surface area contributed by atoms with Gasteiger partial charge >= 0.3 is 12.1 Å². The highest BCUT2D eigenvalue weighted by molar-refractivity contribution is 5.93. The third-order valence-electron chi connectivity index (χ3n) is 3.63. The zero-order chi connectivity index (χ0) is 18.3. The van der Waals surface area contributed by atoms with Crippen molar-refractivity contribution in [1.82, 2.24) is 5.32 Å². The lowest BCUT2D eigenvalue weighted by atomic mass is 9.92. The van der Waals surface area contributed by atoms with E-state index in [0.29, 0.717) is 22.3 Å². The molecule has 1 unspecified atom stereocenters. The Kier molecular flexibility index (Phi) is 7.23. The van der Waals surface area contributed by atoms with Gasteiger partial charge in [-0.15, -0.1) is 0 Å². The molecule has 0 spiro atoms. The summed E-state index contributed by atoms with van der Waals surface area (Å²) in [6.07, 6.45) is 0.675. The molecule has 1 rings (SSSR count). The minimum absolute atomic E-state index is 0.278. The van der Waals surface area contributed by atoms with Gasteiger partial charge in [0.2, 0.25) is 5.91 Å². The number of carboxylic acids is 1. The van der Waals surface area contributed by atoms with Crippen LogP contribution in [0.25, 0.3) is 0 Å². The molecule has 24 heavy (non-hydrogen) atoms. The Bertz CT molecular complexity index is 604. The van der Waals surface area contributed by atoms with E-state index in [0.717, 1.165) is 12.8 Å². The van der Waals surface area contributed by atoms with Crippen LogP contribution in [0.15, 0.2) is 12.1 Å². The molecule has 0 radical (unpaired) electrons. The van der Waals surface area contributed by atoms with Crippen LogP contribution >= 0.6 is 0 Å². The first-order chi connectivity index (χ1) is 11.3. The van der Waals surface area contributed by atoms with Crippen LogP contribution in [0.3, 0.4) is 0 Å². The van der Waals surface area contributed by atoms with Crippen LogP contribution in [0.1, 0.15) is 59.3 Å². The van der Waals surface area contributed by atoms with Crippen LogP contribution in [0, 0.1) is 13.8 Å². The summed E-state index contributed by atoms with van der Waals surface area (Å²) in [5, 5.41) is 11.7. The van der Waals surface area contributed by atoms with Crippen molar-refractivity contribution in [2.24, 2.45) is 5.73 Å². The number of benzene rings is 1. The lowest BCUT2D eigenvalue weighted by Gasteiger charge is -2.22. The van der Waals surface area contributed by atoms with Crippen molar-refractivity contribution < 1.29 is 24.2 Å². The Morgan fingerprint density at radius 1 is 1.25 bits per heavy atom. The molecular formula is C17H24N2O5. The van der Waals surface area contributed by atoms with E-state index in [9.17, 15) is 14.4 Å². The maximum atomic E-state index is 11.9. The number of aryl methyl sites for hydroxylation is 2. The van der Waals surface area contributed by atoms with Gasteiger partial charge in [0.15, 0.2) is 0 Å². The van der Waals surface area contributed by atoms with E-state index in [2.05, 4.69) is 5.32 Å². The average Bonchev–Trinajstić information content (AvgIpc) is 2.45. The van der Waals surface area contributed by atoms with Gasteiger partial charge in [-0.2, -0.15) is 0 Å². The van der Waals surface area contributed by atoms with E-state index in [1.54, 1.807) is 26.0 Å². The van der Waals surface area contributed by atoms with Crippen molar-refractivity contribution in [2.75, 3.05) is 6.61 Å². The lowest BCUT2D eigenvalue weighted by Crippen LogP contribution is -2.32. The highest BCUT2D eigenvalue weighted by atomic mass is 16.5. The van der Waals surface area contributed by atoms with Gasteiger partial charge in [0.1, 0.15) is 0 Å². The molecular weight excluding hydrogens is 312 g/mol. The van der Waals surface area contributed by atoms with Gasteiger partial charge in [-0.05, 0) is 49.1 Å². The van der Waals surface area contributed by atoms with Gasteiger partial charge in [-0.25, -0.2) is 4.79 Å². The molecule has 0 bridgehead atoms. The fourth-order valence-corrected chi connectivity index (χ4v) is 2.56. The number of rotatable bonds is 8. The first-order valence-electron chi connectivity index (χ1n) is 7.82. The summed E-state index contributed by atoms with van der Waals surface area (Å²) < 4.78 is 5.04. The molecule has 1 aromatic carbocycles. The van der Waals surface area contributed by atoms with Gasteiger partial charge in [0.25, 0.3) is 0 Å². The SMILES string of the molecule is CCCCOC(=O)NC(CC(=O)O)c1c(C)cc(C(N)=O)cc1C. The number of hydrogen-bond acceptors (Lipinski definition) is 4. The number of hydrogen-bond donors (Lipinski definition) is 3. The van der Waals surface area contributed by atoms with Crippen molar-refractivity contribution in [3.63, 3.8) is 0 Å². The summed E-state index contributed by atoms with van der Waals surface area (Å²) in [5.41, 5.74) is 7.64. The molecule has 2 amide bonds. The molecule has 132 valence electrons. The minimum Gasteiger partial charge on any atom is -0.481 e. The summed E-state index contributed by atoms with van der Waals surface area (Å²) in [6.45, 7) is 5.74. The predicted octanol–water partition coefficient (Wildman–Crippen LogP) is 2.44. The smallest absolute Gasteiger partial charge is 0.407 e. The Labute approximate surface area is 141 Å². The molecule has 0 saturated heterocycles. The van der Waals surface area contributed by atoms with Gasteiger partial charge in [0, 0.05) is 5.56 Å². The molecule has 1 aromatic rings. The molecule has 0 aliphatic rings. The normalized spacial score (nSPS) is 11.6. The predicted molar refractivity (Wildman–Crippen MR) is 88.8 cm³/mol. The quantitative estimate of drug-likeness (QED) is 0.630. The van der Waals surface area contributed by atoms with E-state index in [-0.39, 0.29) is 13.0 Å². The standard InChI is InChI=1S/C17H24N2O5/c1-4-5-6-24-17(23)19-13(9-14(20)21)15-10(2)7-12(16(18)22)8-11(15)3/h7-8,13H,4-6,9H2,1-3H3,(H2,18,22)(H,19,23)(H,20,21). The van der Waals surface area contributed by atoms with Gasteiger partial charge in [-0.1, -0.05) is 13.3 Å². The van der Waals surface area contributed by atoms with Crippen molar-refractivity contribution in [1.29, 1.82) is 0 Å². The van der Waals surface area contributed by atoms with Crippen molar-refractivity contribution >= 4 is 18.0 Å². The minimum atomic E-state index is -1.05. The second-order valence-corrected chi connectivity index (χ2v) is 5.67. The number of nitrogens with one attached hydrogen (secondary N) is 1. The largest absolute Gasteiger partial charge is 0.481 e. The highest BCUT2D eigenvalue weighted by Crippen LogP contribution is 2.26. The molecule has 7 nitrogen and oxygen atoms in total. The molecule has 0 saturated carbocycles. The van der Waals surface area contributed by atoms with Crippen LogP contribution < -0.4 is 11.1 Å². The van der Waals surface area contributed by atoms with Crippen LogP contribution in [0.4, 0.5) is 4.79 Å². The molecule has 0 heterocycles. The number of alkyl carbamates (subject to hydrolysis) is 1. The number of unbranched alkanes of at least 4 members (excludes halogenated alkanes) is 1. The van der Waals surface area contributed by atoms with Crippen LogP contribution in [0.5, 0.6) is 0 Å². The maximum Gasteiger partial charge on any atom is 0.407 e. The van der Waals surface area contributed by atoms with Gasteiger partial charge < -0.3 is 20.9 Å². The van der Waals surface area contributed by atoms with E-state index in [1.165, 1.54) is 0 Å². The molecule has 0 aromatic heterocycles. The van der Waals surface area contributed by atoms with E-state index in [4.69, 9.17) is 15.6 Å². The zero-order valence-corrected chi connectivity index (χ0v) is 14.2. The molecule has 1 atom stereocenters. The molecule has 7 heteroatoms. The molecule has 4 N–H and O–H groups in total. The Balaban J connectivity index is 3.06. The number of amides is 2. The van der Waals surface area contributed by atoms with Crippen LogP contribution in [-0.4, -0.2) is 29.7 Å². The third kappa shape index (κ3) is 5.57. The van der Waals surface area contributed by atoms with Crippen molar-refractivity contribution in [3.05, 3.63) is 34.4 Å².